The molecule has 32 heavy (non-hydrogen) atoms. The maximum atomic E-state index is 12.3. The van der Waals surface area contributed by atoms with E-state index in [-0.39, 0.29) is 22.4 Å². The molecule has 0 radical (unpaired) electrons. The predicted molar refractivity (Wildman–Crippen MR) is 124 cm³/mol. The fraction of sp³-hybridized carbons (Fsp3) is 0.536. The molecule has 2 aromatic rings. The third kappa shape index (κ3) is 3.26. The van der Waals surface area contributed by atoms with Gasteiger partial charge in [0.25, 0.3) is 0 Å². The first-order valence-corrected chi connectivity index (χ1v) is 11.9. The number of fused-ring (bicyclic) bond motifs is 1. The fourth-order valence-corrected chi connectivity index (χ4v) is 5.76. The average Bonchev–Trinajstić information content (AvgIpc) is 3.53. The number of ketones is 2. The molecule has 4 heteroatoms. The smallest absolute Gasteiger partial charge is 0.158 e. The van der Waals surface area contributed by atoms with E-state index < -0.39 is 11.5 Å². The van der Waals surface area contributed by atoms with Crippen molar-refractivity contribution in [3.05, 3.63) is 64.0 Å². The SMILES string of the molecule is Cc1cc2c(cc1C1(c3ccc(C4C(=O)CCCC4=O)cn3)CO1)C(C)(C)CCC2(C)C. The van der Waals surface area contributed by atoms with E-state index in [1.807, 2.05) is 12.1 Å². The number of epoxide rings is 1. The number of hydrogen-bond acceptors (Lipinski definition) is 4. The monoisotopic (exact) mass is 431 g/mol. The van der Waals surface area contributed by atoms with E-state index in [1.54, 1.807) is 6.20 Å². The van der Waals surface area contributed by atoms with Crippen LogP contribution in [0.5, 0.6) is 0 Å². The van der Waals surface area contributed by atoms with Gasteiger partial charge in [-0.15, -0.1) is 0 Å². The van der Waals surface area contributed by atoms with Gasteiger partial charge in [0.2, 0.25) is 0 Å². The maximum absolute atomic E-state index is 12.3. The molecule has 0 N–H and O–H groups in total. The number of hydrogen-bond donors (Lipinski definition) is 0. The lowest BCUT2D eigenvalue weighted by atomic mass is 9.62. The highest BCUT2D eigenvalue weighted by molar-refractivity contribution is 6.09. The topological polar surface area (TPSA) is 59.6 Å². The van der Waals surface area contributed by atoms with Gasteiger partial charge in [-0.1, -0.05) is 45.9 Å². The van der Waals surface area contributed by atoms with E-state index in [4.69, 9.17) is 9.72 Å². The number of carbonyl (C=O) groups excluding carboxylic acids is 2. The average molecular weight is 432 g/mol. The van der Waals surface area contributed by atoms with Crippen LogP contribution in [0.4, 0.5) is 0 Å². The van der Waals surface area contributed by atoms with Gasteiger partial charge >= 0.3 is 0 Å². The molecule has 1 aromatic heterocycles. The Bertz CT molecular complexity index is 1090. The first-order chi connectivity index (χ1) is 15.1. The van der Waals surface area contributed by atoms with Gasteiger partial charge in [-0.2, -0.15) is 0 Å². The highest BCUT2D eigenvalue weighted by Gasteiger charge is 2.52. The number of rotatable bonds is 3. The highest BCUT2D eigenvalue weighted by atomic mass is 16.6. The fourth-order valence-electron chi connectivity index (χ4n) is 5.76. The van der Waals surface area contributed by atoms with Crippen molar-refractivity contribution in [1.82, 2.24) is 4.98 Å². The first-order valence-electron chi connectivity index (χ1n) is 11.9. The minimum Gasteiger partial charge on any atom is -0.358 e. The van der Waals surface area contributed by atoms with Gasteiger partial charge in [0, 0.05) is 19.0 Å². The van der Waals surface area contributed by atoms with Crippen LogP contribution >= 0.6 is 0 Å². The molecule has 2 aliphatic carbocycles. The summed E-state index contributed by atoms with van der Waals surface area (Å²) in [6.45, 7) is 12.1. The molecule has 1 aromatic carbocycles. The molecule has 1 saturated carbocycles. The molecular weight excluding hydrogens is 398 g/mol. The first kappa shape index (κ1) is 21.5. The largest absolute Gasteiger partial charge is 0.358 e. The Balaban J connectivity index is 1.54. The summed E-state index contributed by atoms with van der Waals surface area (Å²) in [6, 6.07) is 8.58. The quantitative estimate of drug-likeness (QED) is 0.481. The van der Waals surface area contributed by atoms with Gasteiger partial charge in [-0.25, -0.2) is 0 Å². The molecular formula is C28H33NO3. The Morgan fingerprint density at radius 1 is 0.906 bits per heavy atom. The van der Waals surface area contributed by atoms with Crippen LogP contribution in [0.3, 0.4) is 0 Å². The van der Waals surface area contributed by atoms with Crippen LogP contribution in [0.15, 0.2) is 30.5 Å². The molecule has 4 nitrogen and oxygen atoms in total. The standard InChI is InChI=1S/C28H33NO3/c1-17-13-20-21(27(4,5)12-11-26(20,2)3)14-19(17)28(16-32-28)24-10-9-18(15-29-24)25-22(30)7-6-8-23(25)31/h9-10,13-15,25H,6-8,11-12,16H2,1-5H3. The van der Waals surface area contributed by atoms with Crippen molar-refractivity contribution in [2.75, 3.05) is 6.61 Å². The molecule has 0 spiro atoms. The third-order valence-corrected chi connectivity index (χ3v) is 8.09. The lowest BCUT2D eigenvalue weighted by Crippen LogP contribution is -2.34. The normalized spacial score (nSPS) is 26.7. The number of ether oxygens (including phenoxy) is 1. The number of benzene rings is 1. The van der Waals surface area contributed by atoms with E-state index in [0.29, 0.717) is 31.4 Å². The summed E-state index contributed by atoms with van der Waals surface area (Å²) in [4.78, 5) is 29.4. The van der Waals surface area contributed by atoms with Crippen molar-refractivity contribution in [3.8, 4) is 0 Å². The predicted octanol–water partition coefficient (Wildman–Crippen LogP) is 5.42. The van der Waals surface area contributed by atoms with Gasteiger partial charge in [0.1, 0.15) is 17.5 Å². The van der Waals surface area contributed by atoms with E-state index in [0.717, 1.165) is 5.69 Å². The van der Waals surface area contributed by atoms with Gasteiger partial charge in [-0.3, -0.25) is 14.6 Å². The second-order valence-electron chi connectivity index (χ2n) is 11.3. The second kappa shape index (κ2) is 7.08. The summed E-state index contributed by atoms with van der Waals surface area (Å²) in [6.07, 6.45) is 5.69. The molecule has 1 aliphatic heterocycles. The molecule has 3 aliphatic rings. The molecule has 1 unspecified atom stereocenters. The Hall–Kier alpha value is -2.33. The van der Waals surface area contributed by atoms with E-state index in [2.05, 4.69) is 46.8 Å². The van der Waals surface area contributed by atoms with E-state index in [9.17, 15) is 9.59 Å². The van der Waals surface area contributed by atoms with Gasteiger partial charge in [0.05, 0.1) is 12.3 Å². The summed E-state index contributed by atoms with van der Waals surface area (Å²) in [7, 11) is 0. The van der Waals surface area contributed by atoms with Crippen molar-refractivity contribution >= 4 is 11.6 Å². The molecule has 1 atom stereocenters. The number of aromatic nitrogens is 1. The minimum absolute atomic E-state index is 0.0172. The van der Waals surface area contributed by atoms with Crippen molar-refractivity contribution in [2.45, 2.75) is 89.1 Å². The number of nitrogens with zero attached hydrogens (tertiary/aromatic N) is 1. The van der Waals surface area contributed by atoms with Crippen LogP contribution in [-0.4, -0.2) is 23.2 Å². The van der Waals surface area contributed by atoms with Gasteiger partial charge in [-0.05, 0) is 70.9 Å². The molecule has 1 saturated heterocycles. The molecule has 0 amide bonds. The highest BCUT2D eigenvalue weighted by Crippen LogP contribution is 2.51. The number of aryl methyl sites for hydroxylation is 1. The van der Waals surface area contributed by atoms with Crippen molar-refractivity contribution in [3.63, 3.8) is 0 Å². The number of Topliss-reactive ketones (excluding diaryl/α,β-unsaturated/α-hetero) is 2. The van der Waals surface area contributed by atoms with Crippen LogP contribution in [0, 0.1) is 6.92 Å². The van der Waals surface area contributed by atoms with Crippen LogP contribution in [0.1, 0.15) is 99.2 Å². The maximum Gasteiger partial charge on any atom is 0.158 e. The Morgan fingerprint density at radius 2 is 1.50 bits per heavy atom. The molecule has 2 heterocycles. The van der Waals surface area contributed by atoms with Crippen molar-refractivity contribution < 1.29 is 14.3 Å². The zero-order valence-corrected chi connectivity index (χ0v) is 19.9. The van der Waals surface area contributed by atoms with Crippen molar-refractivity contribution in [2.24, 2.45) is 0 Å². The van der Waals surface area contributed by atoms with Gasteiger partial charge < -0.3 is 4.74 Å². The third-order valence-electron chi connectivity index (χ3n) is 8.09. The van der Waals surface area contributed by atoms with Crippen LogP contribution in [0.25, 0.3) is 0 Å². The summed E-state index contributed by atoms with van der Waals surface area (Å²) in [5, 5.41) is 0. The zero-order valence-electron chi connectivity index (χ0n) is 19.9. The number of pyridine rings is 1. The Kier molecular flexibility index (Phi) is 4.76. The Morgan fingerprint density at radius 3 is 2.03 bits per heavy atom. The summed E-state index contributed by atoms with van der Waals surface area (Å²) in [5.74, 6) is -0.609. The second-order valence-corrected chi connectivity index (χ2v) is 11.3. The molecule has 5 rings (SSSR count). The van der Waals surface area contributed by atoms with E-state index >= 15 is 0 Å². The van der Waals surface area contributed by atoms with Crippen LogP contribution < -0.4 is 0 Å². The minimum atomic E-state index is -0.644. The Labute approximate surface area is 190 Å². The molecule has 2 fully saturated rings. The van der Waals surface area contributed by atoms with Crippen LogP contribution in [-0.2, 0) is 30.8 Å². The number of carbonyl (C=O) groups is 2. The van der Waals surface area contributed by atoms with Gasteiger partial charge in [0.15, 0.2) is 5.60 Å². The van der Waals surface area contributed by atoms with E-state index in [1.165, 1.54) is 35.1 Å². The molecule has 0 bridgehead atoms. The summed E-state index contributed by atoms with van der Waals surface area (Å²) in [5.41, 5.74) is 6.62. The summed E-state index contributed by atoms with van der Waals surface area (Å²) >= 11 is 0. The molecule has 168 valence electrons. The summed E-state index contributed by atoms with van der Waals surface area (Å²) < 4.78 is 6.09. The van der Waals surface area contributed by atoms with Crippen molar-refractivity contribution in [1.29, 1.82) is 0 Å². The zero-order chi connectivity index (χ0) is 22.9. The lowest BCUT2D eigenvalue weighted by molar-refractivity contribution is -0.131. The lowest BCUT2D eigenvalue weighted by Gasteiger charge is -2.42. The van der Waals surface area contributed by atoms with Crippen LogP contribution in [0.2, 0.25) is 0 Å².